The second kappa shape index (κ2) is 8.02. The number of pyridine rings is 1. The van der Waals surface area contributed by atoms with Crippen molar-refractivity contribution in [2.24, 2.45) is 0 Å². The molecule has 7 nitrogen and oxygen atoms in total. The maximum Gasteiger partial charge on any atom is 0.288 e. The minimum Gasteiger partial charge on any atom is -0.467 e. The zero-order valence-corrected chi connectivity index (χ0v) is 15.9. The molecule has 2 N–H and O–H groups in total. The van der Waals surface area contributed by atoms with E-state index in [0.29, 0.717) is 17.8 Å². The zero-order chi connectivity index (χ0) is 20.2. The van der Waals surface area contributed by atoms with Gasteiger partial charge >= 0.3 is 0 Å². The van der Waals surface area contributed by atoms with Crippen molar-refractivity contribution in [3.05, 3.63) is 95.5 Å². The van der Waals surface area contributed by atoms with Gasteiger partial charge in [-0.2, -0.15) is 0 Å². The molecule has 29 heavy (non-hydrogen) atoms. The van der Waals surface area contributed by atoms with Crippen LogP contribution < -0.4 is 10.6 Å². The summed E-state index contributed by atoms with van der Waals surface area (Å²) in [6, 6.07) is 16.8. The number of carbonyl (C=O) groups is 2. The molecule has 0 spiro atoms. The molecule has 7 heteroatoms. The minimum atomic E-state index is -0.389. The lowest BCUT2D eigenvalue weighted by molar-refractivity contribution is 0.0937. The van der Waals surface area contributed by atoms with Gasteiger partial charge in [0.25, 0.3) is 11.8 Å². The lowest BCUT2D eigenvalue weighted by atomic mass is 10.1. The molecule has 146 valence electrons. The van der Waals surface area contributed by atoms with Crippen molar-refractivity contribution in [3.8, 4) is 0 Å². The highest BCUT2D eigenvalue weighted by Gasteiger charge is 2.21. The van der Waals surface area contributed by atoms with E-state index in [0.717, 1.165) is 11.1 Å². The van der Waals surface area contributed by atoms with Crippen LogP contribution in [0.2, 0.25) is 0 Å². The molecule has 0 radical (unpaired) electrons. The van der Waals surface area contributed by atoms with Crippen molar-refractivity contribution >= 4 is 17.3 Å². The minimum absolute atomic E-state index is 0.146. The van der Waals surface area contributed by atoms with Gasteiger partial charge in [0.15, 0.2) is 5.69 Å². The molecule has 3 heterocycles. The Kier molecular flexibility index (Phi) is 5.11. The lowest BCUT2D eigenvalue weighted by Gasteiger charge is -2.04. The van der Waals surface area contributed by atoms with Gasteiger partial charge in [-0.3, -0.25) is 14.0 Å². The number of benzene rings is 1. The van der Waals surface area contributed by atoms with Crippen LogP contribution in [0.25, 0.3) is 5.52 Å². The van der Waals surface area contributed by atoms with Crippen LogP contribution in [0.4, 0.5) is 0 Å². The van der Waals surface area contributed by atoms with E-state index in [-0.39, 0.29) is 29.9 Å². The van der Waals surface area contributed by atoms with Gasteiger partial charge in [-0.1, -0.05) is 35.9 Å². The summed E-state index contributed by atoms with van der Waals surface area (Å²) in [5.41, 5.74) is 2.92. The van der Waals surface area contributed by atoms with E-state index in [1.165, 1.54) is 0 Å². The number of nitrogens with one attached hydrogen (secondary N) is 2. The summed E-state index contributed by atoms with van der Waals surface area (Å²) in [4.78, 5) is 29.7. The van der Waals surface area contributed by atoms with Crippen LogP contribution in [-0.2, 0) is 13.1 Å². The smallest absolute Gasteiger partial charge is 0.288 e. The van der Waals surface area contributed by atoms with Crippen molar-refractivity contribution in [1.82, 2.24) is 20.0 Å². The Morgan fingerprint density at radius 3 is 2.52 bits per heavy atom. The van der Waals surface area contributed by atoms with E-state index in [2.05, 4.69) is 15.6 Å². The average molecular weight is 388 g/mol. The van der Waals surface area contributed by atoms with Crippen molar-refractivity contribution < 1.29 is 14.0 Å². The first-order valence-electron chi connectivity index (χ1n) is 9.23. The molecule has 0 saturated heterocycles. The topological polar surface area (TPSA) is 88.6 Å². The number of nitrogens with zero attached hydrogens (tertiary/aromatic N) is 2. The fourth-order valence-corrected chi connectivity index (χ4v) is 3.00. The quantitative estimate of drug-likeness (QED) is 0.531. The summed E-state index contributed by atoms with van der Waals surface area (Å²) >= 11 is 0. The molecule has 0 unspecified atom stereocenters. The molecule has 0 atom stereocenters. The summed E-state index contributed by atoms with van der Waals surface area (Å²) in [5, 5.41) is 5.63. The van der Waals surface area contributed by atoms with Gasteiger partial charge in [0, 0.05) is 12.7 Å². The van der Waals surface area contributed by atoms with Gasteiger partial charge in [0.1, 0.15) is 5.76 Å². The molecule has 0 saturated carbocycles. The lowest BCUT2D eigenvalue weighted by Crippen LogP contribution is -2.25. The Morgan fingerprint density at radius 1 is 0.966 bits per heavy atom. The number of hydrogen-bond donors (Lipinski definition) is 2. The third kappa shape index (κ3) is 4.03. The summed E-state index contributed by atoms with van der Waals surface area (Å²) in [5.74, 6) is 0.0578. The third-order valence-corrected chi connectivity index (χ3v) is 4.54. The van der Waals surface area contributed by atoms with Crippen LogP contribution in [-0.4, -0.2) is 21.2 Å². The zero-order valence-electron chi connectivity index (χ0n) is 15.9. The second-order valence-corrected chi connectivity index (χ2v) is 6.67. The maximum atomic E-state index is 12.7. The normalized spacial score (nSPS) is 10.8. The highest BCUT2D eigenvalue weighted by atomic mass is 16.3. The monoisotopic (exact) mass is 388 g/mol. The van der Waals surface area contributed by atoms with E-state index in [1.54, 1.807) is 47.2 Å². The molecule has 0 aliphatic heterocycles. The molecule has 3 aromatic heterocycles. The highest BCUT2D eigenvalue weighted by molar-refractivity contribution is 6.02. The summed E-state index contributed by atoms with van der Waals surface area (Å²) < 4.78 is 6.84. The molecule has 1 aromatic carbocycles. The Labute approximate surface area is 167 Å². The van der Waals surface area contributed by atoms with Gasteiger partial charge in [0.05, 0.1) is 18.3 Å². The number of amides is 2. The first-order chi connectivity index (χ1) is 14.1. The molecule has 0 aliphatic rings. The number of fused-ring (bicyclic) bond motifs is 1. The van der Waals surface area contributed by atoms with Gasteiger partial charge < -0.3 is 15.1 Å². The molecule has 0 aliphatic carbocycles. The van der Waals surface area contributed by atoms with Gasteiger partial charge in [-0.15, -0.1) is 0 Å². The number of furan rings is 1. The predicted octanol–water partition coefficient (Wildman–Crippen LogP) is 3.10. The van der Waals surface area contributed by atoms with Crippen LogP contribution >= 0.6 is 0 Å². The Morgan fingerprint density at radius 2 is 1.76 bits per heavy atom. The van der Waals surface area contributed by atoms with E-state index in [1.807, 2.05) is 31.2 Å². The number of hydrogen-bond acceptors (Lipinski definition) is 4. The predicted molar refractivity (Wildman–Crippen MR) is 107 cm³/mol. The van der Waals surface area contributed by atoms with Gasteiger partial charge in [-0.05, 0) is 36.8 Å². The molecule has 0 fully saturated rings. The number of carbonyl (C=O) groups excluding carboxylic acids is 2. The fourth-order valence-electron chi connectivity index (χ4n) is 3.00. The fraction of sp³-hybridized carbons (Fsp3) is 0.136. The molecule has 0 bridgehead atoms. The Hall–Kier alpha value is -3.87. The number of aryl methyl sites for hydroxylation is 1. The van der Waals surface area contributed by atoms with Crippen LogP contribution in [0, 0.1) is 6.92 Å². The third-order valence-electron chi connectivity index (χ3n) is 4.54. The molecule has 2 amide bonds. The van der Waals surface area contributed by atoms with Crippen LogP contribution in [0.3, 0.4) is 0 Å². The number of imidazole rings is 1. The van der Waals surface area contributed by atoms with Crippen molar-refractivity contribution in [1.29, 1.82) is 0 Å². The number of rotatable bonds is 6. The first-order valence-corrected chi connectivity index (χ1v) is 9.23. The van der Waals surface area contributed by atoms with E-state index in [4.69, 9.17) is 4.42 Å². The van der Waals surface area contributed by atoms with Gasteiger partial charge in [-0.25, -0.2) is 4.98 Å². The van der Waals surface area contributed by atoms with Crippen LogP contribution in [0.15, 0.2) is 71.5 Å². The standard InChI is InChI=1S/C22H20N4O3/c1-15-7-9-16(10-8-15)13-23-21(27)19-18-6-2-3-11-26(18)20(25-19)22(28)24-14-17-5-4-12-29-17/h2-12H,13-14H2,1H3,(H,23,27)(H,24,28). The second-order valence-electron chi connectivity index (χ2n) is 6.67. The highest BCUT2D eigenvalue weighted by Crippen LogP contribution is 2.14. The number of aromatic nitrogens is 2. The van der Waals surface area contributed by atoms with Crippen molar-refractivity contribution in [2.45, 2.75) is 20.0 Å². The maximum absolute atomic E-state index is 12.7. The van der Waals surface area contributed by atoms with E-state index < -0.39 is 0 Å². The summed E-state index contributed by atoms with van der Waals surface area (Å²) in [6.45, 7) is 2.63. The van der Waals surface area contributed by atoms with Crippen molar-refractivity contribution in [3.63, 3.8) is 0 Å². The van der Waals surface area contributed by atoms with Gasteiger partial charge in [0.2, 0.25) is 5.82 Å². The van der Waals surface area contributed by atoms with Crippen LogP contribution in [0.1, 0.15) is 38.0 Å². The molecular weight excluding hydrogens is 368 g/mol. The summed E-state index contributed by atoms with van der Waals surface area (Å²) in [6.07, 6.45) is 3.25. The van der Waals surface area contributed by atoms with Crippen molar-refractivity contribution in [2.75, 3.05) is 0 Å². The Balaban J connectivity index is 1.53. The SMILES string of the molecule is Cc1ccc(CNC(=O)c2nc(C(=O)NCc3ccco3)n3ccccc23)cc1. The first kappa shape index (κ1) is 18.5. The Bertz CT molecular complexity index is 1140. The summed E-state index contributed by atoms with van der Waals surface area (Å²) in [7, 11) is 0. The molecular formula is C22H20N4O3. The molecule has 4 rings (SSSR count). The van der Waals surface area contributed by atoms with Crippen LogP contribution in [0.5, 0.6) is 0 Å². The van der Waals surface area contributed by atoms with E-state index in [9.17, 15) is 9.59 Å². The molecule has 4 aromatic rings. The average Bonchev–Trinajstić information content (AvgIpc) is 3.39. The largest absolute Gasteiger partial charge is 0.467 e. The van der Waals surface area contributed by atoms with E-state index >= 15 is 0 Å².